The molecular formula is C30H52N2O3. The van der Waals surface area contributed by atoms with E-state index in [2.05, 4.69) is 31.4 Å². The molecule has 0 bridgehead atoms. The predicted molar refractivity (Wildman–Crippen MR) is 147 cm³/mol. The number of carbonyl (C=O) groups excluding carboxylic acids is 2. The molecule has 0 aromatic heterocycles. The zero-order chi connectivity index (χ0) is 25.6. The molecule has 0 heterocycles. The molecule has 0 aliphatic carbocycles. The van der Waals surface area contributed by atoms with Crippen LogP contribution in [0.3, 0.4) is 0 Å². The number of hydrogen-bond donors (Lipinski definition) is 2. The Morgan fingerprint density at radius 1 is 0.629 bits per heavy atom. The molecule has 1 rings (SSSR count). The molecule has 0 aliphatic rings. The van der Waals surface area contributed by atoms with Gasteiger partial charge in [0.15, 0.2) is 0 Å². The summed E-state index contributed by atoms with van der Waals surface area (Å²) in [4.78, 5) is 25.5. The van der Waals surface area contributed by atoms with Gasteiger partial charge in [0.05, 0.1) is 12.2 Å². The van der Waals surface area contributed by atoms with Gasteiger partial charge >= 0.3 is 0 Å². The van der Waals surface area contributed by atoms with Crippen LogP contribution in [0.2, 0.25) is 0 Å². The summed E-state index contributed by atoms with van der Waals surface area (Å²) in [6.07, 6.45) is 18.8. The molecule has 0 spiro atoms. The van der Waals surface area contributed by atoms with E-state index in [9.17, 15) is 9.59 Å². The molecule has 0 saturated carbocycles. The van der Waals surface area contributed by atoms with Crippen LogP contribution in [0.25, 0.3) is 0 Å². The minimum absolute atomic E-state index is 0.107. The van der Waals surface area contributed by atoms with Crippen LogP contribution in [-0.4, -0.2) is 31.5 Å². The van der Waals surface area contributed by atoms with Crippen LogP contribution in [0, 0.1) is 0 Å². The van der Waals surface area contributed by atoms with E-state index in [1.165, 1.54) is 64.2 Å². The first-order valence-corrected chi connectivity index (χ1v) is 14.5. The molecular weight excluding hydrogens is 436 g/mol. The highest BCUT2D eigenvalue weighted by Crippen LogP contribution is 2.22. The van der Waals surface area contributed by atoms with Crippen molar-refractivity contribution in [2.45, 2.75) is 124 Å². The summed E-state index contributed by atoms with van der Waals surface area (Å²) in [5.41, 5.74) is 1.06. The first-order chi connectivity index (χ1) is 17.1. The number of benzene rings is 1. The van der Waals surface area contributed by atoms with Gasteiger partial charge in [-0.15, -0.1) is 0 Å². The van der Waals surface area contributed by atoms with E-state index >= 15 is 0 Å². The molecule has 0 fully saturated rings. The fourth-order valence-corrected chi connectivity index (χ4v) is 4.09. The number of nitrogens with one attached hydrogen (secondary N) is 2. The number of hydrogen-bond acceptors (Lipinski definition) is 3. The van der Waals surface area contributed by atoms with Crippen LogP contribution in [0.15, 0.2) is 18.2 Å². The van der Waals surface area contributed by atoms with Crippen LogP contribution in [-0.2, 0) is 0 Å². The zero-order valence-electron chi connectivity index (χ0n) is 22.9. The summed E-state index contributed by atoms with van der Waals surface area (Å²) >= 11 is 0. The summed E-state index contributed by atoms with van der Waals surface area (Å²) in [7, 11) is 0. The van der Waals surface area contributed by atoms with E-state index in [1.54, 1.807) is 18.2 Å². The second-order valence-electron chi connectivity index (χ2n) is 9.67. The molecule has 2 N–H and O–H groups in total. The lowest BCUT2D eigenvalue weighted by atomic mass is 10.1. The molecule has 1 aromatic rings. The fraction of sp³-hybridized carbons (Fsp3) is 0.733. The maximum Gasteiger partial charge on any atom is 0.255 e. The van der Waals surface area contributed by atoms with Crippen molar-refractivity contribution >= 4 is 11.8 Å². The van der Waals surface area contributed by atoms with Gasteiger partial charge in [0, 0.05) is 18.7 Å². The van der Waals surface area contributed by atoms with Crippen molar-refractivity contribution in [2.24, 2.45) is 0 Å². The van der Waals surface area contributed by atoms with Crippen LogP contribution in [0.1, 0.15) is 144 Å². The van der Waals surface area contributed by atoms with Crippen LogP contribution in [0.5, 0.6) is 5.75 Å². The van der Waals surface area contributed by atoms with Gasteiger partial charge in [0.2, 0.25) is 0 Å². The van der Waals surface area contributed by atoms with Gasteiger partial charge in [-0.05, 0) is 37.5 Å². The van der Waals surface area contributed by atoms with Gasteiger partial charge in [0.1, 0.15) is 5.75 Å². The molecule has 0 unspecified atom stereocenters. The molecule has 200 valence electrons. The Morgan fingerprint density at radius 3 is 1.69 bits per heavy atom. The van der Waals surface area contributed by atoms with E-state index < -0.39 is 0 Å². The molecule has 5 heteroatoms. The van der Waals surface area contributed by atoms with Crippen molar-refractivity contribution in [1.29, 1.82) is 0 Å². The maximum absolute atomic E-state index is 12.8. The van der Waals surface area contributed by atoms with Gasteiger partial charge < -0.3 is 15.4 Å². The van der Waals surface area contributed by atoms with Crippen molar-refractivity contribution in [2.75, 3.05) is 19.7 Å². The lowest BCUT2D eigenvalue weighted by Crippen LogP contribution is -2.26. The second kappa shape index (κ2) is 21.3. The highest BCUT2D eigenvalue weighted by Gasteiger charge is 2.16. The maximum atomic E-state index is 12.8. The van der Waals surface area contributed by atoms with Crippen molar-refractivity contribution in [3.8, 4) is 5.75 Å². The molecule has 0 radical (unpaired) electrons. The van der Waals surface area contributed by atoms with Gasteiger partial charge in [-0.2, -0.15) is 0 Å². The van der Waals surface area contributed by atoms with Crippen LogP contribution < -0.4 is 15.4 Å². The van der Waals surface area contributed by atoms with Crippen LogP contribution in [0.4, 0.5) is 0 Å². The third-order valence-corrected chi connectivity index (χ3v) is 6.38. The predicted octanol–water partition coefficient (Wildman–Crippen LogP) is 7.83. The zero-order valence-corrected chi connectivity index (χ0v) is 22.9. The van der Waals surface area contributed by atoms with Gasteiger partial charge in [-0.1, -0.05) is 104 Å². The third kappa shape index (κ3) is 14.8. The van der Waals surface area contributed by atoms with Gasteiger partial charge in [-0.25, -0.2) is 0 Å². The Hall–Kier alpha value is -2.04. The SMILES string of the molecule is CCCCCCCCCCOc1cc(C(=O)NCCCCCC)ccc1C(=O)NCCCCCC. The minimum Gasteiger partial charge on any atom is -0.493 e. The first-order valence-electron chi connectivity index (χ1n) is 14.5. The van der Waals surface area contributed by atoms with E-state index in [-0.39, 0.29) is 11.8 Å². The van der Waals surface area contributed by atoms with E-state index in [0.29, 0.717) is 36.6 Å². The number of ether oxygens (including phenoxy) is 1. The number of rotatable bonds is 22. The first kappa shape index (κ1) is 31.0. The lowest BCUT2D eigenvalue weighted by molar-refractivity contribution is 0.0937. The summed E-state index contributed by atoms with van der Waals surface area (Å²) < 4.78 is 6.06. The third-order valence-electron chi connectivity index (χ3n) is 6.38. The molecule has 35 heavy (non-hydrogen) atoms. The normalized spacial score (nSPS) is 10.8. The van der Waals surface area contributed by atoms with Crippen molar-refractivity contribution < 1.29 is 14.3 Å². The quantitative estimate of drug-likeness (QED) is 0.163. The van der Waals surface area contributed by atoms with Crippen molar-refractivity contribution in [3.05, 3.63) is 29.3 Å². The lowest BCUT2D eigenvalue weighted by Gasteiger charge is -2.14. The van der Waals surface area contributed by atoms with Gasteiger partial charge in [-0.3, -0.25) is 9.59 Å². The van der Waals surface area contributed by atoms with E-state index in [0.717, 1.165) is 38.5 Å². The Morgan fingerprint density at radius 2 is 1.11 bits per heavy atom. The van der Waals surface area contributed by atoms with Crippen molar-refractivity contribution in [1.82, 2.24) is 10.6 Å². The van der Waals surface area contributed by atoms with Crippen LogP contribution >= 0.6 is 0 Å². The molecule has 0 atom stereocenters. The summed E-state index contributed by atoms with van der Waals surface area (Å²) in [6, 6.07) is 5.20. The Labute approximate surface area is 215 Å². The molecule has 5 nitrogen and oxygen atoms in total. The Balaban J connectivity index is 2.64. The summed E-state index contributed by atoms with van der Waals surface area (Å²) in [5.74, 6) is 0.279. The number of amides is 2. The Bertz CT molecular complexity index is 690. The monoisotopic (exact) mass is 488 g/mol. The Kier molecular flexibility index (Phi) is 18.8. The summed E-state index contributed by atoms with van der Waals surface area (Å²) in [6.45, 7) is 8.50. The second-order valence-corrected chi connectivity index (χ2v) is 9.67. The summed E-state index contributed by atoms with van der Waals surface area (Å²) in [5, 5.41) is 6.01. The average molecular weight is 489 g/mol. The smallest absolute Gasteiger partial charge is 0.255 e. The number of unbranched alkanes of at least 4 members (excludes halogenated alkanes) is 13. The standard InChI is InChI=1S/C30H52N2O3/c1-4-7-10-13-14-15-16-19-24-35-28-25-26(29(33)31-22-17-11-8-5-2)20-21-27(28)30(34)32-23-18-12-9-6-3/h20-21,25H,4-19,22-24H2,1-3H3,(H,31,33)(H,32,34). The topological polar surface area (TPSA) is 67.4 Å². The molecule has 0 saturated heterocycles. The van der Waals surface area contributed by atoms with E-state index in [1.807, 2.05) is 0 Å². The minimum atomic E-state index is -0.126. The molecule has 1 aromatic carbocycles. The highest BCUT2D eigenvalue weighted by molar-refractivity contribution is 6.00. The highest BCUT2D eigenvalue weighted by atomic mass is 16.5. The fourth-order valence-electron chi connectivity index (χ4n) is 4.09. The van der Waals surface area contributed by atoms with E-state index in [4.69, 9.17) is 4.74 Å². The molecule has 0 aliphatic heterocycles. The largest absolute Gasteiger partial charge is 0.493 e. The number of carbonyl (C=O) groups is 2. The van der Waals surface area contributed by atoms with Gasteiger partial charge in [0.25, 0.3) is 11.8 Å². The van der Waals surface area contributed by atoms with Crippen molar-refractivity contribution in [3.63, 3.8) is 0 Å². The molecule has 2 amide bonds. The average Bonchev–Trinajstić information content (AvgIpc) is 2.87.